The molecule has 0 spiro atoms. The van der Waals surface area contributed by atoms with Crippen LogP contribution in [-0.4, -0.2) is 38.3 Å². The number of hydrogen-bond acceptors (Lipinski definition) is 6. The van der Waals surface area contributed by atoms with Gasteiger partial charge in [0.05, 0.1) is 17.8 Å². The van der Waals surface area contributed by atoms with Crippen molar-refractivity contribution in [3.8, 4) is 0 Å². The van der Waals surface area contributed by atoms with Gasteiger partial charge in [-0.3, -0.25) is 5.41 Å². The van der Waals surface area contributed by atoms with Crippen molar-refractivity contribution in [2.75, 3.05) is 11.9 Å². The smallest absolute Gasteiger partial charge is 0.139 e. The SMILES string of the molecule is C=C1c2c(C)cccc2C=C(CNc2ncncc2C(=N)C2=CC(O)=CCC2)N1C1CCCCC1. The minimum absolute atomic E-state index is 0.213. The van der Waals surface area contributed by atoms with Gasteiger partial charge in [-0.25, -0.2) is 9.97 Å². The quantitative estimate of drug-likeness (QED) is 0.429. The number of fused-ring (bicyclic) bond motifs is 1. The van der Waals surface area contributed by atoms with Crippen LogP contribution in [0.3, 0.4) is 0 Å². The fourth-order valence-corrected chi connectivity index (χ4v) is 5.56. The Morgan fingerprint density at radius 2 is 2.06 bits per heavy atom. The van der Waals surface area contributed by atoms with E-state index in [0.29, 0.717) is 36.1 Å². The molecule has 3 N–H and O–H groups in total. The Kier molecular flexibility index (Phi) is 6.53. The average molecular weight is 468 g/mol. The van der Waals surface area contributed by atoms with E-state index in [-0.39, 0.29) is 5.76 Å². The standard InChI is InChI=1S/C29H33N5O/c1-19-8-6-9-21-14-24(34(20(2)27(19)21)23-11-4-3-5-12-23)16-32-29-26(17-31-18-33-29)28(30)22-10-7-13-25(35)15-22/h6,8-9,13-15,17-18,23,30,35H,2-5,7,10-12,16H2,1H3,(H,31,32,33). The molecule has 0 radical (unpaired) electrons. The number of nitrogens with one attached hydrogen (secondary N) is 2. The van der Waals surface area contributed by atoms with Gasteiger partial charge >= 0.3 is 0 Å². The number of nitrogens with zero attached hydrogens (tertiary/aromatic N) is 3. The molecule has 5 rings (SSSR count). The molecule has 1 aromatic heterocycles. The second-order valence-corrected chi connectivity index (χ2v) is 9.63. The van der Waals surface area contributed by atoms with E-state index in [0.717, 1.165) is 17.7 Å². The Morgan fingerprint density at radius 1 is 1.23 bits per heavy atom. The van der Waals surface area contributed by atoms with E-state index in [1.165, 1.54) is 60.8 Å². The minimum atomic E-state index is 0.213. The Labute approximate surface area is 207 Å². The van der Waals surface area contributed by atoms with Crippen LogP contribution in [0.2, 0.25) is 0 Å². The van der Waals surface area contributed by atoms with Gasteiger partial charge < -0.3 is 15.3 Å². The lowest BCUT2D eigenvalue weighted by molar-refractivity contribution is 0.272. The van der Waals surface area contributed by atoms with Crippen molar-refractivity contribution in [2.24, 2.45) is 0 Å². The van der Waals surface area contributed by atoms with Gasteiger partial charge in [0, 0.05) is 29.2 Å². The van der Waals surface area contributed by atoms with E-state index in [1.807, 2.05) is 0 Å². The van der Waals surface area contributed by atoms with Crippen molar-refractivity contribution in [1.29, 1.82) is 5.41 Å². The van der Waals surface area contributed by atoms with Gasteiger partial charge in [0.25, 0.3) is 0 Å². The summed E-state index contributed by atoms with van der Waals surface area (Å²) >= 11 is 0. The van der Waals surface area contributed by atoms with Gasteiger partial charge in [-0.15, -0.1) is 0 Å². The van der Waals surface area contributed by atoms with E-state index in [2.05, 4.69) is 58.0 Å². The zero-order valence-electron chi connectivity index (χ0n) is 20.3. The monoisotopic (exact) mass is 467 g/mol. The number of aromatic nitrogens is 2. The third kappa shape index (κ3) is 4.65. The Morgan fingerprint density at radius 3 is 2.86 bits per heavy atom. The maximum atomic E-state index is 9.92. The molecule has 2 aromatic rings. The molecule has 1 saturated carbocycles. The van der Waals surface area contributed by atoms with Crippen LogP contribution in [0.15, 0.2) is 66.5 Å². The van der Waals surface area contributed by atoms with Crippen LogP contribution in [0.4, 0.5) is 5.82 Å². The van der Waals surface area contributed by atoms with Crippen molar-refractivity contribution in [2.45, 2.75) is 57.9 Å². The molecule has 0 unspecified atom stereocenters. The minimum Gasteiger partial charge on any atom is -0.508 e. The summed E-state index contributed by atoms with van der Waals surface area (Å²) in [5.41, 5.74) is 7.72. The third-order valence-electron chi connectivity index (χ3n) is 7.28. The molecule has 180 valence electrons. The molecule has 2 heterocycles. The topological polar surface area (TPSA) is 85.1 Å². The van der Waals surface area contributed by atoms with Crippen molar-refractivity contribution in [3.63, 3.8) is 0 Å². The Balaban J connectivity index is 1.45. The summed E-state index contributed by atoms with van der Waals surface area (Å²) in [5.74, 6) is 0.843. The fourth-order valence-electron chi connectivity index (χ4n) is 5.56. The summed E-state index contributed by atoms with van der Waals surface area (Å²) < 4.78 is 0. The lowest BCUT2D eigenvalue weighted by atomic mass is 9.88. The number of aryl methyl sites for hydroxylation is 1. The van der Waals surface area contributed by atoms with E-state index < -0.39 is 0 Å². The second-order valence-electron chi connectivity index (χ2n) is 9.63. The second kappa shape index (κ2) is 9.90. The first kappa shape index (κ1) is 23.1. The highest BCUT2D eigenvalue weighted by molar-refractivity contribution is 6.13. The summed E-state index contributed by atoms with van der Waals surface area (Å²) in [7, 11) is 0. The molecule has 3 aliphatic rings. The van der Waals surface area contributed by atoms with Crippen LogP contribution in [0.25, 0.3) is 11.8 Å². The van der Waals surface area contributed by atoms with Gasteiger partial charge in [-0.05, 0) is 67.5 Å². The van der Waals surface area contributed by atoms with Crippen LogP contribution in [0.1, 0.15) is 67.2 Å². The molecule has 0 amide bonds. The number of hydrogen-bond donors (Lipinski definition) is 3. The zero-order chi connectivity index (χ0) is 24.4. The number of rotatable bonds is 6. The van der Waals surface area contributed by atoms with Crippen molar-refractivity contribution < 1.29 is 5.11 Å². The predicted octanol–water partition coefficient (Wildman–Crippen LogP) is 6.39. The van der Waals surface area contributed by atoms with Gasteiger partial charge in [0.2, 0.25) is 0 Å². The highest BCUT2D eigenvalue weighted by Crippen LogP contribution is 2.39. The maximum Gasteiger partial charge on any atom is 0.139 e. The number of allylic oxidation sites excluding steroid dienone is 3. The van der Waals surface area contributed by atoms with Crippen molar-refractivity contribution >= 4 is 23.3 Å². The van der Waals surface area contributed by atoms with Gasteiger partial charge in [-0.2, -0.15) is 0 Å². The molecule has 1 fully saturated rings. The number of benzene rings is 1. The van der Waals surface area contributed by atoms with Gasteiger partial charge in [0.15, 0.2) is 0 Å². The predicted molar refractivity (Wildman–Crippen MR) is 142 cm³/mol. The Bertz CT molecular complexity index is 1250. The fraction of sp³-hybridized carbons (Fsp3) is 0.345. The number of anilines is 1. The normalized spacial score (nSPS) is 18.4. The molecule has 0 bridgehead atoms. The maximum absolute atomic E-state index is 9.92. The molecule has 6 nitrogen and oxygen atoms in total. The first-order valence-corrected chi connectivity index (χ1v) is 12.5. The molecule has 6 heteroatoms. The van der Waals surface area contributed by atoms with Crippen LogP contribution < -0.4 is 5.32 Å². The van der Waals surface area contributed by atoms with E-state index in [9.17, 15) is 5.11 Å². The van der Waals surface area contributed by atoms with E-state index >= 15 is 0 Å². The van der Waals surface area contributed by atoms with Gasteiger partial charge in [-0.1, -0.05) is 44.0 Å². The summed E-state index contributed by atoms with van der Waals surface area (Å²) in [4.78, 5) is 11.1. The van der Waals surface area contributed by atoms with Crippen molar-refractivity contribution in [3.05, 3.63) is 88.7 Å². The van der Waals surface area contributed by atoms with Gasteiger partial charge in [0.1, 0.15) is 17.9 Å². The lowest BCUT2D eigenvalue weighted by Gasteiger charge is -2.42. The highest BCUT2D eigenvalue weighted by atomic mass is 16.3. The number of aliphatic hydroxyl groups is 1. The molecular weight excluding hydrogens is 434 g/mol. The molecule has 1 aliphatic heterocycles. The summed E-state index contributed by atoms with van der Waals surface area (Å²) in [5, 5.41) is 22.2. The molecule has 2 aliphatic carbocycles. The largest absolute Gasteiger partial charge is 0.508 e. The highest BCUT2D eigenvalue weighted by Gasteiger charge is 2.30. The third-order valence-corrected chi connectivity index (χ3v) is 7.28. The molecule has 1 aromatic carbocycles. The van der Waals surface area contributed by atoms with E-state index in [1.54, 1.807) is 18.3 Å². The first-order chi connectivity index (χ1) is 17.0. The summed E-state index contributed by atoms with van der Waals surface area (Å²) in [6, 6.07) is 6.87. The van der Waals surface area contributed by atoms with E-state index in [4.69, 9.17) is 5.41 Å². The van der Waals surface area contributed by atoms with Crippen LogP contribution >= 0.6 is 0 Å². The van der Waals surface area contributed by atoms with Crippen LogP contribution in [-0.2, 0) is 0 Å². The lowest BCUT2D eigenvalue weighted by Crippen LogP contribution is -2.38. The zero-order valence-corrected chi connectivity index (χ0v) is 20.3. The molecular formula is C29H33N5O. The molecule has 0 atom stereocenters. The summed E-state index contributed by atoms with van der Waals surface area (Å²) in [6.07, 6.45) is 16.5. The average Bonchev–Trinajstić information content (AvgIpc) is 2.87. The van der Waals surface area contributed by atoms with Crippen molar-refractivity contribution in [1.82, 2.24) is 14.9 Å². The number of aliphatic hydroxyl groups excluding tert-OH is 1. The van der Waals surface area contributed by atoms with Crippen LogP contribution in [0, 0.1) is 12.3 Å². The first-order valence-electron chi connectivity index (χ1n) is 12.5. The molecule has 0 saturated heterocycles. The summed E-state index contributed by atoms with van der Waals surface area (Å²) in [6.45, 7) is 7.29. The Hall–Kier alpha value is -3.67. The molecule has 35 heavy (non-hydrogen) atoms. The van der Waals surface area contributed by atoms with Crippen LogP contribution in [0.5, 0.6) is 0 Å².